The van der Waals surface area contributed by atoms with Crippen LogP contribution in [0.2, 0.25) is 0 Å². The molecule has 3 heteroatoms. The second kappa shape index (κ2) is 4.65. The van der Waals surface area contributed by atoms with E-state index in [1.807, 2.05) is 32.2 Å². The van der Waals surface area contributed by atoms with Crippen molar-refractivity contribution in [2.75, 3.05) is 12.4 Å². The molecule has 76 valence electrons. The fourth-order valence-corrected chi connectivity index (χ4v) is 1.17. The largest absolute Gasteiger partial charge is 0.481 e. The van der Waals surface area contributed by atoms with Crippen LogP contribution in [-0.4, -0.2) is 19.4 Å². The second-order valence-corrected chi connectivity index (χ2v) is 3.21. The maximum atomic E-state index is 10.4. The standard InChI is InChI=1S/C11H15NO2/c1-8-4-5-11(10(6-8)12-3)14-9(2)7-13/h4-7,9,12H,1-3H3. The van der Waals surface area contributed by atoms with Gasteiger partial charge < -0.3 is 10.1 Å². The van der Waals surface area contributed by atoms with E-state index in [1.165, 1.54) is 0 Å². The third kappa shape index (κ3) is 2.49. The summed E-state index contributed by atoms with van der Waals surface area (Å²) in [6.07, 6.45) is 0.365. The number of hydrogen-bond acceptors (Lipinski definition) is 3. The Morgan fingerprint density at radius 1 is 1.50 bits per heavy atom. The number of ether oxygens (including phenoxy) is 1. The molecule has 0 saturated heterocycles. The minimum atomic E-state index is -0.412. The Morgan fingerprint density at radius 2 is 2.21 bits per heavy atom. The number of hydrogen-bond donors (Lipinski definition) is 1. The van der Waals surface area contributed by atoms with Gasteiger partial charge in [0.2, 0.25) is 0 Å². The topological polar surface area (TPSA) is 38.3 Å². The SMILES string of the molecule is CNc1cc(C)ccc1OC(C)C=O. The van der Waals surface area contributed by atoms with Crippen LogP contribution in [-0.2, 0) is 4.79 Å². The molecule has 0 aliphatic rings. The lowest BCUT2D eigenvalue weighted by Crippen LogP contribution is -2.13. The Morgan fingerprint density at radius 3 is 2.79 bits per heavy atom. The summed E-state index contributed by atoms with van der Waals surface area (Å²) in [5.74, 6) is 0.706. The molecule has 0 saturated carbocycles. The Hall–Kier alpha value is -1.51. The zero-order chi connectivity index (χ0) is 10.6. The summed E-state index contributed by atoms with van der Waals surface area (Å²) in [5, 5.41) is 3.02. The van der Waals surface area contributed by atoms with E-state index < -0.39 is 6.10 Å². The molecule has 0 heterocycles. The van der Waals surface area contributed by atoms with Crippen LogP contribution in [0.4, 0.5) is 5.69 Å². The van der Waals surface area contributed by atoms with Crippen molar-refractivity contribution in [2.24, 2.45) is 0 Å². The van der Waals surface area contributed by atoms with Crippen molar-refractivity contribution >= 4 is 12.0 Å². The van der Waals surface area contributed by atoms with Crippen molar-refractivity contribution in [1.82, 2.24) is 0 Å². The highest BCUT2D eigenvalue weighted by molar-refractivity contribution is 5.61. The molecule has 0 aliphatic carbocycles. The van der Waals surface area contributed by atoms with Crippen LogP contribution in [0.5, 0.6) is 5.75 Å². The average molecular weight is 193 g/mol. The highest BCUT2D eigenvalue weighted by Crippen LogP contribution is 2.25. The quantitative estimate of drug-likeness (QED) is 0.743. The van der Waals surface area contributed by atoms with Crippen LogP contribution in [0.1, 0.15) is 12.5 Å². The summed E-state index contributed by atoms with van der Waals surface area (Å²) in [4.78, 5) is 10.4. The molecule has 1 N–H and O–H groups in total. The summed E-state index contributed by atoms with van der Waals surface area (Å²) in [5.41, 5.74) is 2.05. The van der Waals surface area contributed by atoms with Gasteiger partial charge in [-0.3, -0.25) is 4.79 Å². The van der Waals surface area contributed by atoms with Gasteiger partial charge in [-0.15, -0.1) is 0 Å². The highest BCUT2D eigenvalue weighted by Gasteiger charge is 2.06. The summed E-state index contributed by atoms with van der Waals surface area (Å²) in [6, 6.07) is 5.79. The fraction of sp³-hybridized carbons (Fsp3) is 0.364. The lowest BCUT2D eigenvalue weighted by Gasteiger charge is -2.13. The molecule has 1 aromatic rings. The van der Waals surface area contributed by atoms with Gasteiger partial charge in [-0.05, 0) is 31.5 Å². The maximum Gasteiger partial charge on any atom is 0.160 e. The molecule has 1 atom stereocenters. The zero-order valence-corrected chi connectivity index (χ0v) is 8.70. The normalized spacial score (nSPS) is 11.9. The molecular formula is C11H15NO2. The second-order valence-electron chi connectivity index (χ2n) is 3.21. The van der Waals surface area contributed by atoms with E-state index in [0.717, 1.165) is 17.5 Å². The molecule has 14 heavy (non-hydrogen) atoms. The number of anilines is 1. The van der Waals surface area contributed by atoms with Crippen LogP contribution in [0.3, 0.4) is 0 Å². The van der Waals surface area contributed by atoms with E-state index in [2.05, 4.69) is 5.32 Å². The highest BCUT2D eigenvalue weighted by atomic mass is 16.5. The minimum Gasteiger partial charge on any atom is -0.481 e. The molecule has 0 amide bonds. The van der Waals surface area contributed by atoms with Crippen molar-refractivity contribution in [1.29, 1.82) is 0 Å². The molecule has 0 radical (unpaired) electrons. The van der Waals surface area contributed by atoms with E-state index >= 15 is 0 Å². The first kappa shape index (κ1) is 10.6. The van der Waals surface area contributed by atoms with Gasteiger partial charge in [0, 0.05) is 7.05 Å². The molecule has 0 aromatic heterocycles. The lowest BCUT2D eigenvalue weighted by molar-refractivity contribution is -0.113. The van der Waals surface area contributed by atoms with Crippen LogP contribution >= 0.6 is 0 Å². The van der Waals surface area contributed by atoms with Crippen molar-refractivity contribution in [3.8, 4) is 5.75 Å². The van der Waals surface area contributed by atoms with Gasteiger partial charge in [0.05, 0.1) is 5.69 Å². The number of benzene rings is 1. The van der Waals surface area contributed by atoms with Crippen LogP contribution in [0, 0.1) is 6.92 Å². The van der Waals surface area contributed by atoms with Gasteiger partial charge >= 0.3 is 0 Å². The Bertz CT molecular complexity index is 323. The van der Waals surface area contributed by atoms with E-state index in [-0.39, 0.29) is 0 Å². The first-order chi connectivity index (χ1) is 6.67. The monoisotopic (exact) mass is 193 g/mol. The predicted octanol–water partition coefficient (Wildman–Crippen LogP) is 2.00. The van der Waals surface area contributed by atoms with Gasteiger partial charge in [0.15, 0.2) is 12.4 Å². The first-order valence-electron chi connectivity index (χ1n) is 4.57. The molecule has 1 aromatic carbocycles. The van der Waals surface area contributed by atoms with Crippen LogP contribution < -0.4 is 10.1 Å². The van der Waals surface area contributed by atoms with Crippen LogP contribution in [0.25, 0.3) is 0 Å². The molecule has 1 rings (SSSR count). The third-order valence-electron chi connectivity index (χ3n) is 1.91. The third-order valence-corrected chi connectivity index (χ3v) is 1.91. The summed E-state index contributed by atoms with van der Waals surface area (Å²) in [7, 11) is 1.83. The Balaban J connectivity index is 2.90. The first-order valence-corrected chi connectivity index (χ1v) is 4.57. The van der Waals surface area contributed by atoms with Gasteiger partial charge in [-0.25, -0.2) is 0 Å². The lowest BCUT2D eigenvalue weighted by atomic mass is 10.2. The smallest absolute Gasteiger partial charge is 0.160 e. The predicted molar refractivity (Wildman–Crippen MR) is 56.9 cm³/mol. The van der Waals surface area contributed by atoms with Gasteiger partial charge in [-0.1, -0.05) is 6.07 Å². The molecule has 0 spiro atoms. The van der Waals surface area contributed by atoms with E-state index in [0.29, 0.717) is 5.75 Å². The number of nitrogens with one attached hydrogen (secondary N) is 1. The van der Waals surface area contributed by atoms with E-state index in [4.69, 9.17) is 4.74 Å². The molecule has 0 bridgehead atoms. The van der Waals surface area contributed by atoms with Gasteiger partial charge in [0.25, 0.3) is 0 Å². The average Bonchev–Trinajstić information content (AvgIpc) is 2.20. The number of carbonyl (C=O) groups is 1. The number of rotatable bonds is 4. The van der Waals surface area contributed by atoms with Crippen molar-refractivity contribution in [2.45, 2.75) is 20.0 Å². The van der Waals surface area contributed by atoms with Crippen molar-refractivity contribution in [3.05, 3.63) is 23.8 Å². The summed E-state index contributed by atoms with van der Waals surface area (Å²) >= 11 is 0. The van der Waals surface area contributed by atoms with Gasteiger partial charge in [0.1, 0.15) is 5.75 Å². The van der Waals surface area contributed by atoms with Crippen LogP contribution in [0.15, 0.2) is 18.2 Å². The summed E-state index contributed by atoms with van der Waals surface area (Å²) in [6.45, 7) is 3.72. The molecule has 0 fully saturated rings. The van der Waals surface area contributed by atoms with E-state index in [9.17, 15) is 4.79 Å². The molecular weight excluding hydrogens is 178 g/mol. The van der Waals surface area contributed by atoms with E-state index in [1.54, 1.807) is 6.92 Å². The number of carbonyl (C=O) groups excluding carboxylic acids is 1. The fourth-order valence-electron chi connectivity index (χ4n) is 1.17. The Kier molecular flexibility index (Phi) is 3.51. The molecule has 3 nitrogen and oxygen atoms in total. The number of aryl methyl sites for hydroxylation is 1. The zero-order valence-electron chi connectivity index (χ0n) is 8.70. The number of aldehydes is 1. The van der Waals surface area contributed by atoms with Gasteiger partial charge in [-0.2, -0.15) is 0 Å². The molecule has 1 unspecified atom stereocenters. The maximum absolute atomic E-state index is 10.4. The summed E-state index contributed by atoms with van der Waals surface area (Å²) < 4.78 is 5.41. The minimum absolute atomic E-state index is 0.412. The Labute approximate surface area is 84.1 Å². The molecule has 0 aliphatic heterocycles. The van der Waals surface area contributed by atoms with Crippen molar-refractivity contribution < 1.29 is 9.53 Å². The van der Waals surface area contributed by atoms with Crippen molar-refractivity contribution in [3.63, 3.8) is 0 Å².